The summed E-state index contributed by atoms with van der Waals surface area (Å²) >= 11 is 1.37. The van der Waals surface area contributed by atoms with Crippen LogP contribution in [0, 0.1) is 0 Å². The average Bonchev–Trinajstić information content (AvgIpc) is 3.28. The Bertz CT molecular complexity index is 1110. The average molecular weight is 360 g/mol. The van der Waals surface area contributed by atoms with E-state index in [-0.39, 0.29) is 5.78 Å². The van der Waals surface area contributed by atoms with Crippen LogP contribution in [0.4, 0.5) is 5.69 Å². The number of nitrogens with two attached hydrogens (primary N) is 1. The molecular weight excluding hydrogens is 344 g/mol. The molecule has 0 bridgehead atoms. The first kappa shape index (κ1) is 15.3. The van der Waals surface area contributed by atoms with E-state index in [1.807, 2.05) is 42.5 Å². The number of anilines is 1. The van der Waals surface area contributed by atoms with E-state index in [1.54, 1.807) is 6.26 Å². The molecule has 1 saturated carbocycles. The van der Waals surface area contributed by atoms with Crippen molar-refractivity contribution in [3.8, 4) is 11.3 Å². The molecule has 4 aromatic rings. The van der Waals surface area contributed by atoms with Gasteiger partial charge < -0.3 is 10.2 Å². The smallest absolute Gasteiger partial charge is 0.205 e. The number of hydrogen-bond donors (Lipinski definition) is 1. The largest absolute Gasteiger partial charge is 0.464 e. The molecule has 0 radical (unpaired) electrons. The molecule has 1 aromatic carbocycles. The Morgan fingerprint density at radius 3 is 2.65 bits per heavy atom. The van der Waals surface area contributed by atoms with Gasteiger partial charge in [0.25, 0.3) is 0 Å². The van der Waals surface area contributed by atoms with Crippen molar-refractivity contribution in [3.63, 3.8) is 0 Å². The number of fused-ring (bicyclic) bond motifs is 1. The highest BCUT2D eigenvalue weighted by molar-refractivity contribution is 7.21. The molecule has 0 aliphatic heterocycles. The van der Waals surface area contributed by atoms with Crippen molar-refractivity contribution < 1.29 is 9.21 Å². The predicted octanol–water partition coefficient (Wildman–Crippen LogP) is 5.25. The maximum Gasteiger partial charge on any atom is 0.205 e. The summed E-state index contributed by atoms with van der Waals surface area (Å²) in [4.78, 5) is 19.1. The number of nitrogens with zero attached hydrogens (tertiary/aromatic N) is 1. The summed E-state index contributed by atoms with van der Waals surface area (Å²) in [5.41, 5.74) is 9.53. The second-order valence-electron chi connectivity index (χ2n) is 6.57. The minimum atomic E-state index is -0.0653. The Kier molecular flexibility index (Phi) is 3.43. The highest BCUT2D eigenvalue weighted by Crippen LogP contribution is 2.45. The zero-order chi connectivity index (χ0) is 17.7. The van der Waals surface area contributed by atoms with Gasteiger partial charge in [0, 0.05) is 28.1 Å². The molecule has 128 valence electrons. The summed E-state index contributed by atoms with van der Waals surface area (Å²) in [5, 5.41) is 0.814. The molecular formula is C21H16N2O2S. The number of pyridine rings is 1. The molecule has 4 nitrogen and oxygen atoms in total. The van der Waals surface area contributed by atoms with Crippen LogP contribution in [0.1, 0.15) is 39.7 Å². The number of rotatable bonds is 4. The number of furan rings is 1. The fraction of sp³-hybridized carbons (Fsp3) is 0.143. The standard InChI is InChI=1S/C21H16N2O2S/c22-18-17-14(16-7-4-10-25-16)11-15(12-8-9-12)23-21(17)26-20(18)19(24)13-5-2-1-3-6-13/h1-7,10-12H,8-9,22H2. The van der Waals surface area contributed by atoms with Gasteiger partial charge in [-0.3, -0.25) is 4.79 Å². The molecule has 0 atom stereocenters. The molecule has 2 N–H and O–H groups in total. The van der Waals surface area contributed by atoms with Gasteiger partial charge in [-0.05, 0) is 31.0 Å². The summed E-state index contributed by atoms with van der Waals surface area (Å²) in [6, 6.07) is 15.1. The van der Waals surface area contributed by atoms with Crippen LogP contribution in [-0.4, -0.2) is 10.8 Å². The van der Waals surface area contributed by atoms with Gasteiger partial charge in [0.2, 0.25) is 5.78 Å². The van der Waals surface area contributed by atoms with E-state index in [0.29, 0.717) is 22.0 Å². The fourth-order valence-corrected chi connectivity index (χ4v) is 4.33. The number of nitrogen functional groups attached to an aromatic ring is 1. The molecule has 26 heavy (non-hydrogen) atoms. The number of benzene rings is 1. The highest BCUT2D eigenvalue weighted by atomic mass is 32.1. The van der Waals surface area contributed by atoms with Crippen LogP contribution in [0.2, 0.25) is 0 Å². The van der Waals surface area contributed by atoms with Gasteiger partial charge in [0.1, 0.15) is 15.5 Å². The van der Waals surface area contributed by atoms with E-state index >= 15 is 0 Å². The summed E-state index contributed by atoms with van der Waals surface area (Å²) in [7, 11) is 0. The number of thiophene rings is 1. The van der Waals surface area contributed by atoms with Crippen molar-refractivity contribution in [1.29, 1.82) is 0 Å². The summed E-state index contributed by atoms with van der Waals surface area (Å²) in [6.07, 6.45) is 3.97. The molecule has 3 heterocycles. The summed E-state index contributed by atoms with van der Waals surface area (Å²) < 4.78 is 5.63. The highest BCUT2D eigenvalue weighted by Gasteiger charge is 2.29. The van der Waals surface area contributed by atoms with E-state index in [9.17, 15) is 4.79 Å². The van der Waals surface area contributed by atoms with Crippen molar-refractivity contribution in [2.24, 2.45) is 0 Å². The minimum Gasteiger partial charge on any atom is -0.464 e. The predicted molar refractivity (Wildman–Crippen MR) is 104 cm³/mol. The Hall–Kier alpha value is -2.92. The fourth-order valence-electron chi connectivity index (χ4n) is 3.24. The number of ketones is 1. The van der Waals surface area contributed by atoms with E-state index < -0.39 is 0 Å². The van der Waals surface area contributed by atoms with Gasteiger partial charge in [-0.2, -0.15) is 0 Å². The molecule has 0 amide bonds. The first-order chi connectivity index (χ1) is 12.7. The van der Waals surface area contributed by atoms with Crippen LogP contribution in [0.25, 0.3) is 21.5 Å². The van der Waals surface area contributed by atoms with Crippen LogP contribution in [0.15, 0.2) is 59.2 Å². The van der Waals surface area contributed by atoms with Gasteiger partial charge in [0.15, 0.2) is 0 Å². The topological polar surface area (TPSA) is 69.1 Å². The molecule has 0 saturated heterocycles. The number of hydrogen-bond acceptors (Lipinski definition) is 5. The first-order valence-electron chi connectivity index (χ1n) is 8.59. The van der Waals surface area contributed by atoms with Gasteiger partial charge in [-0.15, -0.1) is 11.3 Å². The molecule has 1 fully saturated rings. The quantitative estimate of drug-likeness (QED) is 0.505. The van der Waals surface area contributed by atoms with Crippen LogP contribution in [-0.2, 0) is 0 Å². The Labute approximate surface area is 154 Å². The zero-order valence-electron chi connectivity index (χ0n) is 13.9. The number of carbonyl (C=O) groups is 1. The molecule has 5 heteroatoms. The molecule has 5 rings (SSSR count). The van der Waals surface area contributed by atoms with Crippen LogP contribution < -0.4 is 5.73 Å². The van der Waals surface area contributed by atoms with E-state index in [0.717, 1.165) is 40.1 Å². The lowest BCUT2D eigenvalue weighted by Crippen LogP contribution is -2.01. The third kappa shape index (κ3) is 2.44. The molecule has 1 aliphatic carbocycles. The van der Waals surface area contributed by atoms with Gasteiger partial charge >= 0.3 is 0 Å². The van der Waals surface area contributed by atoms with Crippen molar-refractivity contribution in [2.45, 2.75) is 18.8 Å². The molecule has 3 aromatic heterocycles. The van der Waals surface area contributed by atoms with Crippen LogP contribution >= 0.6 is 11.3 Å². The molecule has 0 spiro atoms. The molecule has 0 unspecified atom stereocenters. The van der Waals surface area contributed by atoms with Gasteiger partial charge in [0.05, 0.1) is 12.0 Å². The Balaban J connectivity index is 1.74. The Morgan fingerprint density at radius 2 is 1.96 bits per heavy atom. The van der Waals surface area contributed by atoms with Gasteiger partial charge in [-0.1, -0.05) is 30.3 Å². The van der Waals surface area contributed by atoms with Crippen molar-refractivity contribution in [1.82, 2.24) is 4.98 Å². The lowest BCUT2D eigenvalue weighted by molar-refractivity contribution is 0.104. The number of carbonyl (C=O) groups excluding carboxylic acids is 1. The third-order valence-electron chi connectivity index (χ3n) is 4.74. The van der Waals surface area contributed by atoms with E-state index in [4.69, 9.17) is 15.1 Å². The summed E-state index contributed by atoms with van der Waals surface area (Å²) in [5.74, 6) is 1.19. The van der Waals surface area contributed by atoms with Crippen molar-refractivity contribution in [3.05, 3.63) is 70.9 Å². The van der Waals surface area contributed by atoms with E-state index in [2.05, 4.69) is 6.07 Å². The second-order valence-corrected chi connectivity index (χ2v) is 7.57. The maximum atomic E-state index is 12.9. The SMILES string of the molecule is Nc1c(C(=O)c2ccccc2)sc2nc(C3CC3)cc(-c3ccco3)c12. The van der Waals surface area contributed by atoms with Crippen molar-refractivity contribution in [2.75, 3.05) is 5.73 Å². The first-order valence-corrected chi connectivity index (χ1v) is 9.40. The zero-order valence-corrected chi connectivity index (χ0v) is 14.8. The summed E-state index contributed by atoms with van der Waals surface area (Å²) in [6.45, 7) is 0. The third-order valence-corrected chi connectivity index (χ3v) is 5.84. The maximum absolute atomic E-state index is 12.9. The normalized spacial score (nSPS) is 14.0. The van der Waals surface area contributed by atoms with Crippen LogP contribution in [0.3, 0.4) is 0 Å². The lowest BCUT2D eigenvalue weighted by atomic mass is 10.0. The van der Waals surface area contributed by atoms with Crippen LogP contribution in [0.5, 0.6) is 0 Å². The van der Waals surface area contributed by atoms with E-state index in [1.165, 1.54) is 11.3 Å². The monoisotopic (exact) mass is 360 g/mol. The van der Waals surface area contributed by atoms with Crippen molar-refractivity contribution >= 4 is 33.0 Å². The minimum absolute atomic E-state index is 0.0653. The Morgan fingerprint density at radius 1 is 1.15 bits per heavy atom. The van der Waals surface area contributed by atoms with Gasteiger partial charge in [-0.25, -0.2) is 4.98 Å². The number of aromatic nitrogens is 1. The molecule has 1 aliphatic rings. The lowest BCUT2D eigenvalue weighted by Gasteiger charge is -2.05. The second kappa shape index (κ2) is 5.81.